The number of aliphatic hydroxyl groups excluding tert-OH is 1. The van der Waals surface area contributed by atoms with Crippen molar-refractivity contribution in [2.45, 2.75) is 22.8 Å². The second-order valence-electron chi connectivity index (χ2n) is 5.43. The molecule has 3 aromatic rings. The highest BCUT2D eigenvalue weighted by Crippen LogP contribution is 2.29. The summed E-state index contributed by atoms with van der Waals surface area (Å²) in [6.07, 6.45) is -0.790. The summed E-state index contributed by atoms with van der Waals surface area (Å²) in [5.74, 6) is 0. The quantitative estimate of drug-likeness (QED) is 0.780. The van der Waals surface area contributed by atoms with Crippen molar-refractivity contribution >= 4 is 10.8 Å². The molecule has 0 radical (unpaired) electrons. The zero-order valence-electron chi connectivity index (χ0n) is 12.8. The van der Waals surface area contributed by atoms with Crippen LogP contribution in [0.15, 0.2) is 88.7 Å². The van der Waals surface area contributed by atoms with Crippen molar-refractivity contribution in [2.75, 3.05) is 0 Å². The minimum Gasteiger partial charge on any atom is -0.384 e. The lowest BCUT2D eigenvalue weighted by Crippen LogP contribution is -2.05. The molecule has 0 aromatic heterocycles. The van der Waals surface area contributed by atoms with E-state index in [0.29, 0.717) is 10.5 Å². The molecule has 0 aliphatic carbocycles. The van der Waals surface area contributed by atoms with E-state index >= 15 is 0 Å². The molecular weight excluding hydrogens is 304 g/mol. The highest BCUT2D eigenvalue weighted by atomic mass is 32.2. The van der Waals surface area contributed by atoms with Gasteiger partial charge >= 0.3 is 0 Å². The van der Waals surface area contributed by atoms with Crippen LogP contribution in [0.2, 0.25) is 0 Å². The van der Waals surface area contributed by atoms with Crippen molar-refractivity contribution in [1.29, 1.82) is 0 Å². The smallest absolute Gasteiger partial charge is 0.105 e. The Morgan fingerprint density at radius 1 is 0.826 bits per heavy atom. The standard InChI is InChI=1S/C20H18O2S/c1-15-11-13-17(14-12-15)23(22)19-10-6-5-9-18(19)20(21)16-7-3-2-4-8-16/h2-14,20-21H,1H3/t20-,23?/m0/s1. The van der Waals surface area contributed by atoms with Crippen LogP contribution in [0.4, 0.5) is 0 Å². The summed E-state index contributed by atoms with van der Waals surface area (Å²) in [7, 11) is -1.32. The van der Waals surface area contributed by atoms with Crippen molar-refractivity contribution in [2.24, 2.45) is 0 Å². The summed E-state index contributed by atoms with van der Waals surface area (Å²) in [5.41, 5.74) is 2.60. The van der Waals surface area contributed by atoms with Crippen LogP contribution in [0, 0.1) is 6.92 Å². The molecule has 2 atom stereocenters. The van der Waals surface area contributed by atoms with Gasteiger partial charge in [-0.15, -0.1) is 0 Å². The van der Waals surface area contributed by atoms with Crippen molar-refractivity contribution in [3.63, 3.8) is 0 Å². The van der Waals surface area contributed by atoms with Crippen LogP contribution in [0.5, 0.6) is 0 Å². The molecule has 116 valence electrons. The average Bonchev–Trinajstić information content (AvgIpc) is 2.62. The number of benzene rings is 3. The van der Waals surface area contributed by atoms with Gasteiger partial charge in [0.2, 0.25) is 0 Å². The SMILES string of the molecule is Cc1ccc(S(=O)c2ccccc2[C@@H](O)c2ccccc2)cc1. The molecule has 2 nitrogen and oxygen atoms in total. The highest BCUT2D eigenvalue weighted by molar-refractivity contribution is 7.85. The maximum absolute atomic E-state index is 12.9. The van der Waals surface area contributed by atoms with Crippen LogP contribution in [0.3, 0.4) is 0 Å². The molecule has 0 bridgehead atoms. The number of rotatable bonds is 4. The summed E-state index contributed by atoms with van der Waals surface area (Å²) < 4.78 is 12.9. The number of hydrogen-bond donors (Lipinski definition) is 1. The van der Waals surface area contributed by atoms with Crippen molar-refractivity contribution in [3.8, 4) is 0 Å². The molecular formula is C20H18O2S. The first-order chi connectivity index (χ1) is 11.2. The van der Waals surface area contributed by atoms with E-state index in [4.69, 9.17) is 0 Å². The van der Waals surface area contributed by atoms with Gasteiger partial charge in [0.25, 0.3) is 0 Å². The van der Waals surface area contributed by atoms with Gasteiger partial charge in [-0.3, -0.25) is 0 Å². The Hall–Kier alpha value is -2.23. The Morgan fingerprint density at radius 3 is 2.13 bits per heavy atom. The third-order valence-electron chi connectivity index (χ3n) is 3.76. The lowest BCUT2D eigenvalue weighted by molar-refractivity contribution is 0.217. The molecule has 0 heterocycles. The Morgan fingerprint density at radius 2 is 1.43 bits per heavy atom. The first-order valence-electron chi connectivity index (χ1n) is 7.47. The summed E-state index contributed by atoms with van der Waals surface area (Å²) in [4.78, 5) is 1.39. The molecule has 3 aromatic carbocycles. The van der Waals surface area contributed by atoms with Crippen LogP contribution in [0.1, 0.15) is 22.8 Å². The lowest BCUT2D eigenvalue weighted by atomic mass is 10.0. The molecule has 3 rings (SSSR count). The fourth-order valence-electron chi connectivity index (χ4n) is 2.48. The summed E-state index contributed by atoms with van der Waals surface area (Å²) in [6.45, 7) is 2.00. The first kappa shape index (κ1) is 15.7. The molecule has 0 aliphatic heterocycles. The number of hydrogen-bond acceptors (Lipinski definition) is 2. The van der Waals surface area contributed by atoms with Gasteiger partial charge in [0, 0.05) is 15.4 Å². The van der Waals surface area contributed by atoms with Crippen molar-refractivity contribution in [3.05, 3.63) is 95.6 Å². The minimum absolute atomic E-state index is 0.646. The van der Waals surface area contributed by atoms with E-state index in [1.807, 2.05) is 85.8 Å². The van der Waals surface area contributed by atoms with Gasteiger partial charge in [0.15, 0.2) is 0 Å². The zero-order chi connectivity index (χ0) is 16.2. The second kappa shape index (κ2) is 6.90. The first-order valence-corrected chi connectivity index (χ1v) is 8.62. The fourth-order valence-corrected chi connectivity index (χ4v) is 3.71. The predicted octanol–water partition coefficient (Wildman–Crippen LogP) is 4.24. The molecule has 0 saturated heterocycles. The Kier molecular flexibility index (Phi) is 4.70. The Balaban J connectivity index is 2.01. The third kappa shape index (κ3) is 3.41. The molecule has 0 saturated carbocycles. The van der Waals surface area contributed by atoms with E-state index < -0.39 is 16.9 Å². The fraction of sp³-hybridized carbons (Fsp3) is 0.100. The van der Waals surface area contributed by atoms with Crippen LogP contribution >= 0.6 is 0 Å². The van der Waals surface area contributed by atoms with E-state index in [0.717, 1.165) is 16.0 Å². The Labute approximate surface area is 138 Å². The summed E-state index contributed by atoms with van der Waals surface area (Å²) in [5, 5.41) is 10.7. The normalized spacial score (nSPS) is 13.5. The topological polar surface area (TPSA) is 37.3 Å². The van der Waals surface area contributed by atoms with Gasteiger partial charge in [0.1, 0.15) is 6.10 Å². The van der Waals surface area contributed by atoms with Crippen LogP contribution < -0.4 is 0 Å². The van der Waals surface area contributed by atoms with Crippen LogP contribution in [0.25, 0.3) is 0 Å². The average molecular weight is 322 g/mol. The van der Waals surface area contributed by atoms with Gasteiger partial charge < -0.3 is 5.11 Å². The van der Waals surface area contributed by atoms with E-state index in [9.17, 15) is 9.32 Å². The largest absolute Gasteiger partial charge is 0.384 e. The molecule has 23 heavy (non-hydrogen) atoms. The molecule has 3 heteroatoms. The van der Waals surface area contributed by atoms with Gasteiger partial charge in [-0.05, 0) is 30.7 Å². The van der Waals surface area contributed by atoms with Crippen molar-refractivity contribution in [1.82, 2.24) is 0 Å². The lowest BCUT2D eigenvalue weighted by Gasteiger charge is -2.15. The molecule has 0 spiro atoms. The summed E-state index contributed by atoms with van der Waals surface area (Å²) >= 11 is 0. The molecule has 1 unspecified atom stereocenters. The van der Waals surface area contributed by atoms with Gasteiger partial charge in [-0.2, -0.15) is 0 Å². The Bertz CT molecular complexity index is 811. The van der Waals surface area contributed by atoms with E-state index in [-0.39, 0.29) is 0 Å². The van der Waals surface area contributed by atoms with Gasteiger partial charge in [0.05, 0.1) is 10.8 Å². The predicted molar refractivity (Wildman–Crippen MR) is 92.8 cm³/mol. The second-order valence-corrected chi connectivity index (χ2v) is 6.88. The molecule has 0 fully saturated rings. The third-order valence-corrected chi connectivity index (χ3v) is 5.24. The van der Waals surface area contributed by atoms with Crippen LogP contribution in [-0.4, -0.2) is 9.32 Å². The maximum Gasteiger partial charge on any atom is 0.105 e. The van der Waals surface area contributed by atoms with E-state index in [1.54, 1.807) is 0 Å². The summed E-state index contributed by atoms with van der Waals surface area (Å²) in [6, 6.07) is 24.4. The highest BCUT2D eigenvalue weighted by Gasteiger charge is 2.18. The van der Waals surface area contributed by atoms with Crippen LogP contribution in [-0.2, 0) is 10.8 Å². The van der Waals surface area contributed by atoms with E-state index in [1.165, 1.54) is 0 Å². The molecule has 1 N–H and O–H groups in total. The van der Waals surface area contributed by atoms with Gasteiger partial charge in [-0.1, -0.05) is 66.2 Å². The monoisotopic (exact) mass is 322 g/mol. The minimum atomic E-state index is -1.32. The van der Waals surface area contributed by atoms with E-state index in [2.05, 4.69) is 0 Å². The number of aliphatic hydroxyl groups is 1. The maximum atomic E-state index is 12.9. The van der Waals surface area contributed by atoms with Gasteiger partial charge in [-0.25, -0.2) is 4.21 Å². The van der Waals surface area contributed by atoms with Crippen molar-refractivity contribution < 1.29 is 9.32 Å². The molecule has 0 amide bonds. The number of aryl methyl sites for hydroxylation is 1. The molecule has 0 aliphatic rings. The zero-order valence-corrected chi connectivity index (χ0v) is 13.7.